The minimum Gasteiger partial charge on any atom is -0.343 e. The first-order chi connectivity index (χ1) is 12.8. The Hall–Kier alpha value is -2.54. The number of alkyl halides is 3. The first-order valence-electron chi connectivity index (χ1n) is 8.39. The SMILES string of the molecule is Cc1cc(C(=O)NC(c2ccccc2)C(F)(F)F)c(C)n1Cc1cccs1. The molecule has 1 N–H and O–H groups in total. The van der Waals surface area contributed by atoms with Crippen LogP contribution in [-0.4, -0.2) is 16.7 Å². The van der Waals surface area contributed by atoms with Crippen molar-refractivity contribution in [3.8, 4) is 0 Å². The van der Waals surface area contributed by atoms with Gasteiger partial charge in [-0.2, -0.15) is 13.2 Å². The fourth-order valence-corrected chi connectivity index (χ4v) is 3.73. The smallest absolute Gasteiger partial charge is 0.343 e. The molecule has 1 atom stereocenters. The van der Waals surface area contributed by atoms with Crippen LogP contribution in [0.25, 0.3) is 0 Å². The quantitative estimate of drug-likeness (QED) is 0.632. The van der Waals surface area contributed by atoms with E-state index < -0.39 is 18.1 Å². The molecule has 0 saturated heterocycles. The Morgan fingerprint density at radius 3 is 2.44 bits per heavy atom. The summed E-state index contributed by atoms with van der Waals surface area (Å²) in [5, 5.41) is 4.12. The van der Waals surface area contributed by atoms with Crippen LogP contribution in [0.15, 0.2) is 53.9 Å². The Bertz CT molecular complexity index is 915. The van der Waals surface area contributed by atoms with E-state index in [9.17, 15) is 18.0 Å². The number of nitrogens with zero attached hydrogens (tertiary/aromatic N) is 1. The highest BCUT2D eigenvalue weighted by Crippen LogP contribution is 2.33. The highest BCUT2D eigenvalue weighted by molar-refractivity contribution is 7.09. The predicted octanol–water partition coefficient (Wildman–Crippen LogP) is 5.25. The van der Waals surface area contributed by atoms with Crippen molar-refractivity contribution >= 4 is 17.2 Å². The molecule has 142 valence electrons. The third-order valence-electron chi connectivity index (χ3n) is 4.45. The predicted molar refractivity (Wildman–Crippen MR) is 100 cm³/mol. The Kier molecular flexibility index (Phi) is 5.41. The van der Waals surface area contributed by atoms with Gasteiger partial charge >= 0.3 is 6.18 Å². The second-order valence-corrected chi connectivity index (χ2v) is 7.34. The zero-order valence-corrected chi connectivity index (χ0v) is 15.7. The molecule has 3 aromatic rings. The number of aromatic nitrogens is 1. The highest BCUT2D eigenvalue weighted by atomic mass is 32.1. The summed E-state index contributed by atoms with van der Waals surface area (Å²) in [7, 11) is 0. The molecule has 0 fully saturated rings. The van der Waals surface area contributed by atoms with Gasteiger partial charge < -0.3 is 9.88 Å². The number of hydrogen-bond donors (Lipinski definition) is 1. The van der Waals surface area contributed by atoms with Gasteiger partial charge in [-0.1, -0.05) is 36.4 Å². The van der Waals surface area contributed by atoms with E-state index in [0.29, 0.717) is 12.2 Å². The molecule has 7 heteroatoms. The summed E-state index contributed by atoms with van der Waals surface area (Å²) in [6, 6.07) is 10.9. The molecule has 0 radical (unpaired) electrons. The summed E-state index contributed by atoms with van der Waals surface area (Å²) in [5.74, 6) is -0.730. The van der Waals surface area contributed by atoms with Gasteiger partial charge in [0, 0.05) is 16.3 Å². The largest absolute Gasteiger partial charge is 0.412 e. The lowest BCUT2D eigenvalue weighted by Gasteiger charge is -2.22. The third-order valence-corrected chi connectivity index (χ3v) is 5.31. The van der Waals surface area contributed by atoms with Crippen molar-refractivity contribution in [3.63, 3.8) is 0 Å². The van der Waals surface area contributed by atoms with Crippen molar-refractivity contribution in [1.29, 1.82) is 0 Å². The lowest BCUT2D eigenvalue weighted by Crippen LogP contribution is -2.38. The van der Waals surface area contributed by atoms with Crippen LogP contribution in [0.1, 0.15) is 38.2 Å². The molecule has 2 heterocycles. The van der Waals surface area contributed by atoms with Gasteiger partial charge in [0.2, 0.25) is 0 Å². The van der Waals surface area contributed by atoms with Crippen LogP contribution in [0.4, 0.5) is 13.2 Å². The lowest BCUT2D eigenvalue weighted by molar-refractivity contribution is -0.155. The standard InChI is InChI=1S/C20H19F3N2OS/c1-13-11-17(14(2)25(13)12-16-9-6-10-27-16)19(26)24-18(20(21,22)23)15-7-4-3-5-8-15/h3-11,18H,12H2,1-2H3,(H,24,26). The van der Waals surface area contributed by atoms with E-state index in [1.165, 1.54) is 24.3 Å². The van der Waals surface area contributed by atoms with E-state index in [2.05, 4.69) is 5.32 Å². The molecule has 1 aromatic carbocycles. The minimum absolute atomic E-state index is 0.00532. The normalized spacial score (nSPS) is 12.8. The Morgan fingerprint density at radius 2 is 1.85 bits per heavy atom. The van der Waals surface area contributed by atoms with E-state index >= 15 is 0 Å². The van der Waals surface area contributed by atoms with Gasteiger partial charge in [0.05, 0.1) is 12.1 Å². The van der Waals surface area contributed by atoms with Crippen LogP contribution in [-0.2, 0) is 6.54 Å². The van der Waals surface area contributed by atoms with Crippen LogP contribution < -0.4 is 5.32 Å². The molecular formula is C20H19F3N2OS. The fourth-order valence-electron chi connectivity index (χ4n) is 3.04. The topological polar surface area (TPSA) is 34.0 Å². The Morgan fingerprint density at radius 1 is 1.15 bits per heavy atom. The zero-order chi connectivity index (χ0) is 19.6. The number of nitrogens with one attached hydrogen (secondary N) is 1. The molecular weight excluding hydrogens is 373 g/mol. The molecule has 2 aromatic heterocycles. The number of carbonyl (C=O) groups is 1. The van der Waals surface area contributed by atoms with Crippen molar-refractivity contribution < 1.29 is 18.0 Å². The van der Waals surface area contributed by atoms with Gasteiger partial charge in [-0.05, 0) is 36.9 Å². The van der Waals surface area contributed by atoms with E-state index in [-0.39, 0.29) is 11.1 Å². The van der Waals surface area contributed by atoms with Crippen LogP contribution >= 0.6 is 11.3 Å². The van der Waals surface area contributed by atoms with Crippen LogP contribution in [0.2, 0.25) is 0 Å². The number of benzene rings is 1. The Balaban J connectivity index is 1.87. The number of aryl methyl sites for hydroxylation is 1. The monoisotopic (exact) mass is 392 g/mol. The second-order valence-electron chi connectivity index (χ2n) is 6.31. The molecule has 0 saturated carbocycles. The molecule has 0 aliphatic carbocycles. The average Bonchev–Trinajstić information content (AvgIpc) is 3.23. The van der Waals surface area contributed by atoms with E-state index in [1.54, 1.807) is 30.4 Å². The van der Waals surface area contributed by atoms with E-state index in [4.69, 9.17) is 0 Å². The lowest BCUT2D eigenvalue weighted by atomic mass is 10.1. The Labute approximate surface area is 159 Å². The summed E-state index contributed by atoms with van der Waals surface area (Å²) in [6.07, 6.45) is -4.58. The maximum absolute atomic E-state index is 13.5. The number of thiophene rings is 1. The average molecular weight is 392 g/mol. The van der Waals surface area contributed by atoms with Gasteiger partial charge in [-0.3, -0.25) is 4.79 Å². The third kappa shape index (κ3) is 4.24. The number of carbonyl (C=O) groups excluding carboxylic acids is 1. The molecule has 3 nitrogen and oxygen atoms in total. The van der Waals surface area contributed by atoms with Gasteiger partial charge in [-0.15, -0.1) is 11.3 Å². The van der Waals surface area contributed by atoms with Gasteiger partial charge in [-0.25, -0.2) is 0 Å². The maximum Gasteiger partial charge on any atom is 0.412 e. The number of amides is 1. The molecule has 1 unspecified atom stereocenters. The van der Waals surface area contributed by atoms with Crippen LogP contribution in [0.5, 0.6) is 0 Å². The number of hydrogen-bond acceptors (Lipinski definition) is 2. The van der Waals surface area contributed by atoms with Crippen LogP contribution in [0.3, 0.4) is 0 Å². The molecule has 0 aliphatic rings. The van der Waals surface area contributed by atoms with E-state index in [0.717, 1.165) is 10.6 Å². The van der Waals surface area contributed by atoms with Crippen molar-refractivity contribution in [3.05, 3.63) is 81.3 Å². The summed E-state index contributed by atoms with van der Waals surface area (Å²) in [5.41, 5.74) is 1.74. The zero-order valence-electron chi connectivity index (χ0n) is 14.9. The fraction of sp³-hybridized carbons (Fsp3) is 0.250. The maximum atomic E-state index is 13.5. The number of rotatable bonds is 5. The summed E-state index contributed by atoms with van der Waals surface area (Å²) < 4.78 is 42.4. The summed E-state index contributed by atoms with van der Waals surface area (Å²) in [4.78, 5) is 13.8. The summed E-state index contributed by atoms with van der Waals surface area (Å²) >= 11 is 1.59. The first-order valence-corrected chi connectivity index (χ1v) is 9.27. The van der Waals surface area contributed by atoms with Crippen molar-refractivity contribution in [2.24, 2.45) is 0 Å². The van der Waals surface area contributed by atoms with Crippen molar-refractivity contribution in [1.82, 2.24) is 9.88 Å². The molecule has 0 aliphatic heterocycles. The highest BCUT2D eigenvalue weighted by Gasteiger charge is 2.42. The minimum atomic E-state index is -4.58. The van der Waals surface area contributed by atoms with Gasteiger partial charge in [0.25, 0.3) is 5.91 Å². The molecule has 0 bridgehead atoms. The molecule has 3 rings (SSSR count). The van der Waals surface area contributed by atoms with Gasteiger partial charge in [0.15, 0.2) is 6.04 Å². The summed E-state index contributed by atoms with van der Waals surface area (Å²) in [6.45, 7) is 4.18. The van der Waals surface area contributed by atoms with Crippen molar-refractivity contribution in [2.75, 3.05) is 0 Å². The van der Waals surface area contributed by atoms with Crippen LogP contribution in [0, 0.1) is 13.8 Å². The second kappa shape index (κ2) is 7.60. The first kappa shape index (κ1) is 19.2. The molecule has 1 amide bonds. The molecule has 27 heavy (non-hydrogen) atoms. The van der Waals surface area contributed by atoms with E-state index in [1.807, 2.05) is 29.0 Å². The van der Waals surface area contributed by atoms with Crippen molar-refractivity contribution in [2.45, 2.75) is 32.6 Å². The van der Waals surface area contributed by atoms with Gasteiger partial charge in [0.1, 0.15) is 0 Å². The molecule has 0 spiro atoms. The number of halogens is 3.